The van der Waals surface area contributed by atoms with Crippen molar-refractivity contribution < 1.29 is 27.5 Å². The zero-order chi connectivity index (χ0) is 26.0. The monoisotopic (exact) mass is 535 g/mol. The molecule has 0 atom stereocenters. The Hall–Kier alpha value is -4.48. The predicted octanol–water partition coefficient (Wildman–Crippen LogP) is 3.61. The van der Waals surface area contributed by atoms with E-state index in [2.05, 4.69) is 24.5 Å². The average Bonchev–Trinajstić information content (AvgIpc) is 3.31. The number of benzene rings is 3. The molecule has 0 saturated carbocycles. The van der Waals surface area contributed by atoms with E-state index in [1.165, 1.54) is 24.3 Å². The Morgan fingerprint density at radius 1 is 0.919 bits per heavy atom. The van der Waals surface area contributed by atoms with Gasteiger partial charge in [-0.05, 0) is 47.1 Å². The Morgan fingerprint density at radius 2 is 1.54 bits per heavy atom. The van der Waals surface area contributed by atoms with Crippen molar-refractivity contribution >= 4 is 27.6 Å². The van der Waals surface area contributed by atoms with Gasteiger partial charge in [0.15, 0.2) is 5.95 Å². The lowest BCUT2D eigenvalue weighted by Crippen LogP contribution is -2.40. The smallest absolute Gasteiger partial charge is 0.373 e. The fourth-order valence-electron chi connectivity index (χ4n) is 3.54. The summed E-state index contributed by atoms with van der Waals surface area (Å²) in [6, 6.07) is 24.1. The van der Waals surface area contributed by atoms with Crippen LogP contribution in [0.2, 0.25) is 5.02 Å². The van der Waals surface area contributed by atoms with Gasteiger partial charge in [-0.3, -0.25) is 0 Å². The molecule has 1 N–H and O–H groups in total. The van der Waals surface area contributed by atoms with E-state index in [1.54, 1.807) is 37.4 Å². The van der Waals surface area contributed by atoms with Crippen LogP contribution in [0.1, 0.15) is 0 Å². The second kappa shape index (κ2) is 9.88. The predicted molar refractivity (Wildman–Crippen MR) is 133 cm³/mol. The number of ether oxygens (including phenoxy) is 1. The van der Waals surface area contributed by atoms with E-state index in [9.17, 15) is 13.5 Å². The molecule has 10 nitrogen and oxygen atoms in total. The maximum atomic E-state index is 13.4. The van der Waals surface area contributed by atoms with Crippen LogP contribution in [-0.2, 0) is 10.0 Å². The highest BCUT2D eigenvalue weighted by molar-refractivity contribution is 7.92. The second-order valence-corrected chi connectivity index (χ2v) is 9.75. The third-order valence-electron chi connectivity index (χ3n) is 5.31. The lowest BCUT2D eigenvalue weighted by molar-refractivity contribution is -0.706. The van der Waals surface area contributed by atoms with E-state index in [-0.39, 0.29) is 11.6 Å². The molecule has 2 heterocycles. The van der Waals surface area contributed by atoms with Crippen molar-refractivity contribution in [1.29, 1.82) is 0 Å². The van der Waals surface area contributed by atoms with Crippen LogP contribution in [-0.4, -0.2) is 30.8 Å². The van der Waals surface area contributed by atoms with Gasteiger partial charge in [-0.1, -0.05) is 41.9 Å². The van der Waals surface area contributed by atoms with Crippen LogP contribution in [0.5, 0.6) is 11.7 Å². The van der Waals surface area contributed by atoms with Gasteiger partial charge in [0.05, 0.1) is 23.8 Å². The van der Waals surface area contributed by atoms with Crippen LogP contribution in [0.25, 0.3) is 28.2 Å². The van der Waals surface area contributed by atoms with Gasteiger partial charge in [0.2, 0.25) is 11.6 Å². The summed E-state index contributed by atoms with van der Waals surface area (Å²) in [5.41, 5.74) is 2.62. The molecule has 37 heavy (non-hydrogen) atoms. The quantitative estimate of drug-likeness (QED) is 0.312. The van der Waals surface area contributed by atoms with Crippen molar-refractivity contribution in [3.05, 3.63) is 90.0 Å². The van der Waals surface area contributed by atoms with Crippen LogP contribution >= 0.6 is 11.6 Å². The summed E-state index contributed by atoms with van der Waals surface area (Å²) in [4.78, 5) is 8.80. The third-order valence-corrected chi connectivity index (χ3v) is 6.86. The molecule has 0 unspecified atom stereocenters. The molecule has 5 rings (SSSR count). The van der Waals surface area contributed by atoms with E-state index >= 15 is 0 Å². The second-order valence-electron chi connectivity index (χ2n) is 7.72. The molecule has 0 aliphatic heterocycles. The summed E-state index contributed by atoms with van der Waals surface area (Å²) in [6.45, 7) is 0. The third kappa shape index (κ3) is 5.08. The minimum atomic E-state index is -4.53. The fraction of sp³-hybridized carbons (Fsp3) is 0.0400. The molecule has 186 valence electrons. The zero-order valence-electron chi connectivity index (χ0n) is 19.2. The molecular weight excluding hydrogens is 518 g/mol. The van der Waals surface area contributed by atoms with Crippen LogP contribution in [0, 0.1) is 0 Å². The first-order valence-electron chi connectivity index (χ1n) is 10.8. The maximum Gasteiger partial charge on any atom is 0.373 e. The SMILES string of the molecule is COc1ccc(-c2cc(-c3ccccc3)nc(NS(=O)(=O)c3c([O-])on[n+]3-c3ccc(Cl)cc3)n2)cc1. The van der Waals surface area contributed by atoms with Crippen molar-refractivity contribution in [3.63, 3.8) is 0 Å². The summed E-state index contributed by atoms with van der Waals surface area (Å²) in [5.74, 6) is -0.739. The molecule has 0 radical (unpaired) electrons. The Kier molecular flexibility index (Phi) is 6.47. The molecule has 0 fully saturated rings. The first-order chi connectivity index (χ1) is 17.8. The average molecular weight is 536 g/mol. The molecule has 0 spiro atoms. The number of hydrogen-bond acceptors (Lipinski definition) is 8. The fourth-order valence-corrected chi connectivity index (χ4v) is 4.72. The maximum absolute atomic E-state index is 13.4. The normalized spacial score (nSPS) is 11.3. The molecule has 0 aliphatic carbocycles. The summed E-state index contributed by atoms with van der Waals surface area (Å²) in [5, 5.41) is 15.7. The standard InChI is InChI=1S/C25H18ClN5O5S/c1-35-20-13-7-17(8-14-20)22-15-21(16-5-3-2-4-6-16)27-25(28-22)29-37(33,34)23-24(32)36-30-31(23)19-11-9-18(26)10-12-19/h2-15H,1H3,(H-,27,28,29,30,32). The number of anilines is 1. The number of methoxy groups -OCH3 is 1. The van der Waals surface area contributed by atoms with Gasteiger partial charge in [-0.15, -0.1) is 0 Å². The summed E-state index contributed by atoms with van der Waals surface area (Å²) >= 11 is 5.92. The Morgan fingerprint density at radius 3 is 2.16 bits per heavy atom. The number of rotatable bonds is 7. The molecule has 2 aromatic heterocycles. The van der Waals surface area contributed by atoms with E-state index < -0.39 is 21.0 Å². The number of nitrogens with one attached hydrogen (secondary N) is 1. The minimum absolute atomic E-state index is 0.240. The van der Waals surface area contributed by atoms with Crippen LogP contribution in [0.15, 0.2) is 94.5 Å². The van der Waals surface area contributed by atoms with E-state index in [0.29, 0.717) is 27.7 Å². The number of halogens is 1. The first kappa shape index (κ1) is 24.2. The molecule has 3 aromatic carbocycles. The minimum Gasteiger partial charge on any atom is -0.538 e. The number of hydrogen-bond donors (Lipinski definition) is 1. The molecule has 12 heteroatoms. The Labute approximate surface area is 216 Å². The molecular formula is C25H18ClN5O5S. The lowest BCUT2D eigenvalue weighted by atomic mass is 10.1. The molecule has 0 saturated heterocycles. The largest absolute Gasteiger partial charge is 0.538 e. The zero-order valence-corrected chi connectivity index (χ0v) is 20.8. The molecule has 0 aliphatic rings. The van der Waals surface area contributed by atoms with Crippen LogP contribution < -0.4 is 19.2 Å². The van der Waals surface area contributed by atoms with E-state index in [1.807, 2.05) is 30.3 Å². The van der Waals surface area contributed by atoms with Crippen molar-refractivity contribution in [2.24, 2.45) is 0 Å². The number of sulfonamides is 1. The highest BCUT2D eigenvalue weighted by atomic mass is 35.5. The van der Waals surface area contributed by atoms with Crippen molar-refractivity contribution in [2.75, 3.05) is 11.8 Å². The summed E-state index contributed by atoms with van der Waals surface area (Å²) < 4.78 is 39.8. The highest BCUT2D eigenvalue weighted by Crippen LogP contribution is 2.28. The summed E-state index contributed by atoms with van der Waals surface area (Å²) in [7, 11) is -2.97. The highest BCUT2D eigenvalue weighted by Gasteiger charge is 2.34. The van der Waals surface area contributed by atoms with Gasteiger partial charge in [-0.25, -0.2) is 14.7 Å². The first-order valence-corrected chi connectivity index (χ1v) is 12.7. The van der Waals surface area contributed by atoms with Crippen LogP contribution in [0.3, 0.4) is 0 Å². The lowest BCUT2D eigenvalue weighted by Gasteiger charge is -2.10. The molecule has 0 amide bonds. The van der Waals surface area contributed by atoms with Gasteiger partial charge in [0.1, 0.15) is 5.75 Å². The van der Waals surface area contributed by atoms with Gasteiger partial charge >= 0.3 is 15.0 Å². The number of nitrogens with zero attached hydrogens (tertiary/aromatic N) is 4. The summed E-state index contributed by atoms with van der Waals surface area (Å²) in [6.07, 6.45) is 0. The van der Waals surface area contributed by atoms with Crippen molar-refractivity contribution in [2.45, 2.75) is 5.03 Å². The van der Waals surface area contributed by atoms with Crippen molar-refractivity contribution in [1.82, 2.24) is 15.2 Å². The topological polar surface area (TPSA) is 134 Å². The molecule has 0 bridgehead atoms. The van der Waals surface area contributed by atoms with E-state index in [0.717, 1.165) is 10.2 Å². The van der Waals surface area contributed by atoms with Gasteiger partial charge in [0.25, 0.3) is 0 Å². The van der Waals surface area contributed by atoms with Crippen LogP contribution in [0.4, 0.5) is 5.95 Å². The van der Waals surface area contributed by atoms with Gasteiger partial charge < -0.3 is 14.4 Å². The Balaban J connectivity index is 1.59. The number of aromatic nitrogens is 4. The Bertz CT molecular complexity index is 1660. The van der Waals surface area contributed by atoms with Gasteiger partial charge in [-0.2, -0.15) is 8.42 Å². The van der Waals surface area contributed by atoms with E-state index in [4.69, 9.17) is 16.3 Å². The van der Waals surface area contributed by atoms with Gasteiger partial charge in [0, 0.05) is 28.3 Å². The van der Waals surface area contributed by atoms with Crippen molar-refractivity contribution in [3.8, 4) is 39.9 Å². The molecule has 5 aromatic rings.